The minimum Gasteiger partial charge on any atom is -0.325 e. The molecule has 0 aliphatic rings. The molecule has 0 fully saturated rings. The molecule has 86 valence electrons. The van der Waals surface area contributed by atoms with Gasteiger partial charge in [0.25, 0.3) is 0 Å². The van der Waals surface area contributed by atoms with Crippen molar-refractivity contribution in [3.05, 3.63) is 16.1 Å². The van der Waals surface area contributed by atoms with Crippen LogP contribution in [0.5, 0.6) is 0 Å². The summed E-state index contributed by atoms with van der Waals surface area (Å²) in [5.41, 5.74) is 6.95. The van der Waals surface area contributed by atoms with Gasteiger partial charge in [-0.15, -0.1) is 11.3 Å². The summed E-state index contributed by atoms with van der Waals surface area (Å²) >= 11 is 3.71. The molecule has 0 aromatic carbocycles. The fourth-order valence-corrected chi connectivity index (χ4v) is 3.04. The quantitative estimate of drug-likeness (QED) is 0.782. The van der Waals surface area contributed by atoms with E-state index in [0.29, 0.717) is 0 Å². The molecular weight excluding hydrogens is 224 g/mol. The van der Waals surface area contributed by atoms with E-state index in [9.17, 15) is 0 Å². The van der Waals surface area contributed by atoms with Crippen molar-refractivity contribution in [3.63, 3.8) is 0 Å². The van der Waals surface area contributed by atoms with E-state index in [2.05, 4.69) is 17.3 Å². The maximum Gasteiger partial charge on any atom is 0.103 e. The zero-order valence-corrected chi connectivity index (χ0v) is 11.4. The minimum atomic E-state index is -0.151. The lowest BCUT2D eigenvalue weighted by atomic mass is 10.0. The molecule has 1 aromatic rings. The first kappa shape index (κ1) is 13.0. The molecule has 1 rings (SSSR count). The van der Waals surface area contributed by atoms with Crippen LogP contribution in [-0.2, 0) is 12.2 Å². The van der Waals surface area contributed by atoms with Gasteiger partial charge in [0.1, 0.15) is 5.01 Å². The maximum atomic E-state index is 5.96. The lowest BCUT2D eigenvalue weighted by Crippen LogP contribution is -2.34. The van der Waals surface area contributed by atoms with E-state index >= 15 is 0 Å². The lowest BCUT2D eigenvalue weighted by molar-refractivity contribution is 0.511. The molecule has 0 atom stereocenters. The number of nitrogens with two attached hydrogens (primary N) is 1. The molecule has 0 amide bonds. The Bertz CT molecular complexity index is 289. The average molecular weight is 244 g/mol. The van der Waals surface area contributed by atoms with Gasteiger partial charge in [-0.3, -0.25) is 0 Å². The summed E-state index contributed by atoms with van der Waals surface area (Å²) in [7, 11) is 0. The van der Waals surface area contributed by atoms with Gasteiger partial charge in [-0.05, 0) is 26.0 Å². The second-order valence-corrected chi connectivity index (χ2v) is 6.50. The Balaban J connectivity index is 2.42. The molecule has 0 spiro atoms. The molecule has 0 bridgehead atoms. The lowest BCUT2D eigenvalue weighted by Gasteiger charge is -2.16. The van der Waals surface area contributed by atoms with Crippen LogP contribution >= 0.6 is 23.1 Å². The van der Waals surface area contributed by atoms with Gasteiger partial charge in [0.2, 0.25) is 0 Å². The van der Waals surface area contributed by atoms with E-state index in [0.717, 1.165) is 17.9 Å². The first-order valence-electron chi connectivity index (χ1n) is 5.31. The van der Waals surface area contributed by atoms with Crippen LogP contribution in [-0.4, -0.2) is 16.3 Å². The van der Waals surface area contributed by atoms with Crippen molar-refractivity contribution < 1.29 is 0 Å². The third-order valence-electron chi connectivity index (χ3n) is 1.81. The van der Waals surface area contributed by atoms with Crippen LogP contribution in [0.3, 0.4) is 0 Å². The molecule has 0 aliphatic heterocycles. The summed E-state index contributed by atoms with van der Waals surface area (Å²) in [4.78, 5) is 4.59. The summed E-state index contributed by atoms with van der Waals surface area (Å²) in [6.45, 7) is 6.28. The van der Waals surface area contributed by atoms with Crippen molar-refractivity contribution in [2.24, 2.45) is 5.73 Å². The smallest absolute Gasteiger partial charge is 0.103 e. The highest BCUT2D eigenvalue weighted by molar-refractivity contribution is 7.98. The topological polar surface area (TPSA) is 38.9 Å². The van der Waals surface area contributed by atoms with Crippen LogP contribution in [0.2, 0.25) is 0 Å². The van der Waals surface area contributed by atoms with Crippen LogP contribution in [0.4, 0.5) is 0 Å². The third kappa shape index (κ3) is 5.54. The number of hydrogen-bond donors (Lipinski definition) is 1. The SMILES string of the molecule is CCCSCc1nc(CC(C)(C)N)cs1. The standard InChI is InChI=1S/C11H20N2S2/c1-4-5-14-8-10-13-9(7-15-10)6-11(2,3)12/h7H,4-6,8,12H2,1-3H3. The molecule has 4 heteroatoms. The Morgan fingerprint density at radius 2 is 2.27 bits per heavy atom. The number of nitrogens with zero attached hydrogens (tertiary/aromatic N) is 1. The highest BCUT2D eigenvalue weighted by atomic mass is 32.2. The monoisotopic (exact) mass is 244 g/mol. The highest BCUT2D eigenvalue weighted by Crippen LogP contribution is 2.19. The van der Waals surface area contributed by atoms with Gasteiger partial charge in [-0.2, -0.15) is 11.8 Å². The van der Waals surface area contributed by atoms with E-state index in [1.165, 1.54) is 17.2 Å². The van der Waals surface area contributed by atoms with Crippen molar-refractivity contribution in [1.29, 1.82) is 0 Å². The average Bonchev–Trinajstić information content (AvgIpc) is 2.50. The molecule has 0 saturated carbocycles. The highest BCUT2D eigenvalue weighted by Gasteiger charge is 2.13. The van der Waals surface area contributed by atoms with Crippen molar-refractivity contribution in [3.8, 4) is 0 Å². The molecule has 0 unspecified atom stereocenters. The van der Waals surface area contributed by atoms with Crippen LogP contribution in [0, 0.1) is 0 Å². The summed E-state index contributed by atoms with van der Waals surface area (Å²) in [5.74, 6) is 2.26. The van der Waals surface area contributed by atoms with Gasteiger partial charge >= 0.3 is 0 Å². The predicted octanol–water partition coefficient (Wildman–Crippen LogP) is 3.07. The van der Waals surface area contributed by atoms with Gasteiger partial charge in [-0.25, -0.2) is 4.98 Å². The summed E-state index contributed by atoms with van der Waals surface area (Å²) < 4.78 is 0. The Labute approximate surface area is 101 Å². The minimum absolute atomic E-state index is 0.151. The molecule has 2 N–H and O–H groups in total. The number of hydrogen-bond acceptors (Lipinski definition) is 4. The third-order valence-corrected chi connectivity index (χ3v) is 4.06. The Morgan fingerprint density at radius 3 is 2.87 bits per heavy atom. The van der Waals surface area contributed by atoms with E-state index in [4.69, 9.17) is 5.73 Å². The van der Waals surface area contributed by atoms with Crippen molar-refractivity contribution in [1.82, 2.24) is 4.98 Å². The number of rotatable bonds is 6. The van der Waals surface area contributed by atoms with E-state index < -0.39 is 0 Å². The summed E-state index contributed by atoms with van der Waals surface area (Å²) in [6, 6.07) is 0. The van der Waals surface area contributed by atoms with Gasteiger partial charge in [-0.1, -0.05) is 6.92 Å². The summed E-state index contributed by atoms with van der Waals surface area (Å²) in [6.07, 6.45) is 2.10. The Kier molecular flexibility index (Phi) is 5.09. The van der Waals surface area contributed by atoms with E-state index in [1.54, 1.807) is 11.3 Å². The molecular formula is C11H20N2S2. The van der Waals surface area contributed by atoms with Crippen molar-refractivity contribution in [2.75, 3.05) is 5.75 Å². The molecule has 0 saturated heterocycles. The van der Waals surface area contributed by atoms with Crippen LogP contribution in [0.25, 0.3) is 0 Å². The molecule has 15 heavy (non-hydrogen) atoms. The predicted molar refractivity (Wildman–Crippen MR) is 70.5 cm³/mol. The summed E-state index contributed by atoms with van der Waals surface area (Å²) in [5, 5.41) is 3.36. The fraction of sp³-hybridized carbons (Fsp3) is 0.727. The van der Waals surface area contributed by atoms with Crippen molar-refractivity contribution >= 4 is 23.1 Å². The normalized spacial score (nSPS) is 12.0. The zero-order valence-electron chi connectivity index (χ0n) is 9.75. The first-order valence-corrected chi connectivity index (χ1v) is 7.34. The second kappa shape index (κ2) is 5.87. The van der Waals surface area contributed by atoms with Crippen molar-refractivity contribution in [2.45, 2.75) is 44.9 Å². The maximum absolute atomic E-state index is 5.96. The second-order valence-electron chi connectivity index (χ2n) is 4.45. The largest absolute Gasteiger partial charge is 0.325 e. The Morgan fingerprint density at radius 1 is 1.53 bits per heavy atom. The molecule has 0 aliphatic carbocycles. The molecule has 2 nitrogen and oxygen atoms in total. The van der Waals surface area contributed by atoms with Gasteiger partial charge in [0.05, 0.1) is 5.69 Å². The number of thioether (sulfide) groups is 1. The molecule has 0 radical (unpaired) electrons. The molecule has 1 aromatic heterocycles. The van der Waals surface area contributed by atoms with Gasteiger partial charge < -0.3 is 5.73 Å². The fourth-order valence-electron chi connectivity index (χ4n) is 1.27. The Hall–Kier alpha value is -0.0600. The number of aromatic nitrogens is 1. The van der Waals surface area contributed by atoms with E-state index in [-0.39, 0.29) is 5.54 Å². The van der Waals surface area contributed by atoms with Gasteiger partial charge in [0, 0.05) is 23.1 Å². The van der Waals surface area contributed by atoms with Gasteiger partial charge in [0.15, 0.2) is 0 Å². The van der Waals surface area contributed by atoms with Crippen LogP contribution < -0.4 is 5.73 Å². The molecule has 1 heterocycles. The first-order chi connectivity index (χ1) is 7.01. The van der Waals surface area contributed by atoms with Crippen LogP contribution in [0.1, 0.15) is 37.9 Å². The number of thiazole rings is 1. The van der Waals surface area contributed by atoms with E-state index in [1.807, 2.05) is 25.6 Å². The zero-order chi connectivity index (χ0) is 11.3. The van der Waals surface area contributed by atoms with Crippen LogP contribution in [0.15, 0.2) is 5.38 Å².